The molecule has 0 unspecified atom stereocenters. The van der Waals surface area contributed by atoms with Crippen molar-refractivity contribution in [2.45, 2.75) is 52.5 Å². The minimum absolute atomic E-state index is 0.137. The normalized spacial score (nSPS) is 19.3. The molecular formula is C23H35N3O2. The second-order valence-corrected chi connectivity index (χ2v) is 8.65. The van der Waals surface area contributed by atoms with Crippen LogP contribution in [-0.2, 0) is 4.79 Å². The summed E-state index contributed by atoms with van der Waals surface area (Å²) in [5.74, 6) is 1.00. The van der Waals surface area contributed by atoms with Gasteiger partial charge in [-0.1, -0.05) is 17.7 Å². The topological polar surface area (TPSA) is 43.9 Å². The van der Waals surface area contributed by atoms with E-state index in [9.17, 15) is 9.59 Å². The van der Waals surface area contributed by atoms with Crippen molar-refractivity contribution in [3.63, 3.8) is 0 Å². The van der Waals surface area contributed by atoms with Crippen LogP contribution in [-0.4, -0.2) is 71.8 Å². The number of rotatable bonds is 5. The molecule has 5 heteroatoms. The van der Waals surface area contributed by atoms with Crippen LogP contribution in [0.15, 0.2) is 24.3 Å². The Bertz CT molecular complexity index is 655. The number of amides is 2. The highest BCUT2D eigenvalue weighted by Crippen LogP contribution is 2.24. The minimum atomic E-state index is 0.137. The molecule has 1 aromatic rings. The monoisotopic (exact) mass is 385 g/mol. The van der Waals surface area contributed by atoms with Crippen LogP contribution in [0.4, 0.5) is 0 Å². The number of piperazine rings is 1. The Morgan fingerprint density at radius 3 is 2.11 bits per heavy atom. The highest BCUT2D eigenvalue weighted by molar-refractivity contribution is 5.94. The maximum absolute atomic E-state index is 12.6. The van der Waals surface area contributed by atoms with Crippen LogP contribution >= 0.6 is 0 Å². The summed E-state index contributed by atoms with van der Waals surface area (Å²) in [5.41, 5.74) is 1.95. The number of nitrogens with zero attached hydrogens (tertiary/aromatic N) is 3. The largest absolute Gasteiger partial charge is 0.340 e. The molecule has 2 aliphatic heterocycles. The number of hydrogen-bond acceptors (Lipinski definition) is 3. The van der Waals surface area contributed by atoms with Crippen molar-refractivity contribution in [3.8, 4) is 0 Å². The van der Waals surface area contributed by atoms with E-state index in [4.69, 9.17) is 0 Å². The van der Waals surface area contributed by atoms with Crippen LogP contribution in [0.2, 0.25) is 0 Å². The number of carbonyl (C=O) groups excluding carboxylic acids is 2. The second-order valence-electron chi connectivity index (χ2n) is 8.65. The maximum Gasteiger partial charge on any atom is 0.253 e. The maximum atomic E-state index is 12.6. The van der Waals surface area contributed by atoms with Crippen LogP contribution in [0.1, 0.15) is 55.5 Å². The van der Waals surface area contributed by atoms with Gasteiger partial charge in [0.15, 0.2) is 0 Å². The first kappa shape index (κ1) is 20.8. The van der Waals surface area contributed by atoms with Gasteiger partial charge in [-0.2, -0.15) is 0 Å². The van der Waals surface area contributed by atoms with Crippen molar-refractivity contribution in [1.29, 1.82) is 0 Å². The average molecular weight is 386 g/mol. The fraction of sp³-hybridized carbons (Fsp3) is 0.652. The lowest BCUT2D eigenvalue weighted by atomic mass is 9.91. The van der Waals surface area contributed by atoms with E-state index in [2.05, 4.69) is 18.7 Å². The van der Waals surface area contributed by atoms with Gasteiger partial charge < -0.3 is 9.80 Å². The van der Waals surface area contributed by atoms with Gasteiger partial charge >= 0.3 is 0 Å². The van der Waals surface area contributed by atoms with E-state index >= 15 is 0 Å². The van der Waals surface area contributed by atoms with Crippen molar-refractivity contribution in [1.82, 2.24) is 14.7 Å². The zero-order chi connectivity index (χ0) is 20.1. The van der Waals surface area contributed by atoms with Crippen molar-refractivity contribution < 1.29 is 9.59 Å². The SMILES string of the molecule is Cc1ccc(C(=O)N2CCC(CCC(=O)N3CCN(C(C)C)CC3)CC2)cc1. The molecule has 0 bridgehead atoms. The molecule has 5 nitrogen and oxygen atoms in total. The summed E-state index contributed by atoms with van der Waals surface area (Å²) in [5, 5.41) is 0. The Kier molecular flexibility index (Phi) is 7.11. The summed E-state index contributed by atoms with van der Waals surface area (Å²) in [6.07, 6.45) is 3.62. The Morgan fingerprint density at radius 2 is 1.54 bits per heavy atom. The molecule has 2 fully saturated rings. The Balaban J connectivity index is 1.38. The molecule has 3 rings (SSSR count). The van der Waals surface area contributed by atoms with E-state index in [1.54, 1.807) is 0 Å². The number of carbonyl (C=O) groups is 2. The third-order valence-corrected chi connectivity index (χ3v) is 6.36. The van der Waals surface area contributed by atoms with Crippen molar-refractivity contribution in [3.05, 3.63) is 35.4 Å². The van der Waals surface area contributed by atoms with Gasteiger partial charge in [0.05, 0.1) is 0 Å². The third kappa shape index (κ3) is 5.34. The number of aryl methyl sites for hydroxylation is 1. The molecule has 0 aliphatic carbocycles. The lowest BCUT2D eigenvalue weighted by Gasteiger charge is -2.37. The molecule has 2 heterocycles. The number of likely N-dealkylation sites (tertiary alicyclic amines) is 1. The molecule has 0 radical (unpaired) electrons. The quantitative estimate of drug-likeness (QED) is 0.782. The van der Waals surface area contributed by atoms with E-state index in [0.717, 1.165) is 64.1 Å². The Hall–Kier alpha value is -1.88. The van der Waals surface area contributed by atoms with Crippen LogP contribution in [0, 0.1) is 12.8 Å². The van der Waals surface area contributed by atoms with Gasteiger partial charge in [0.2, 0.25) is 5.91 Å². The predicted molar refractivity (Wildman–Crippen MR) is 112 cm³/mol. The summed E-state index contributed by atoms with van der Waals surface area (Å²) >= 11 is 0. The van der Waals surface area contributed by atoms with Gasteiger partial charge in [-0.3, -0.25) is 14.5 Å². The smallest absolute Gasteiger partial charge is 0.253 e. The summed E-state index contributed by atoms with van der Waals surface area (Å²) < 4.78 is 0. The van der Waals surface area contributed by atoms with E-state index in [-0.39, 0.29) is 5.91 Å². The molecule has 2 saturated heterocycles. The molecular weight excluding hydrogens is 350 g/mol. The lowest BCUT2D eigenvalue weighted by Crippen LogP contribution is -2.50. The average Bonchev–Trinajstić information content (AvgIpc) is 2.72. The molecule has 2 aliphatic rings. The highest BCUT2D eigenvalue weighted by atomic mass is 16.2. The van der Waals surface area contributed by atoms with Crippen molar-refractivity contribution in [2.75, 3.05) is 39.3 Å². The van der Waals surface area contributed by atoms with Crippen molar-refractivity contribution >= 4 is 11.8 Å². The summed E-state index contributed by atoms with van der Waals surface area (Å²) in [4.78, 5) is 31.6. The summed E-state index contributed by atoms with van der Waals surface area (Å²) in [6, 6.07) is 8.38. The van der Waals surface area contributed by atoms with E-state index in [1.807, 2.05) is 41.0 Å². The molecule has 2 amide bonds. The molecule has 28 heavy (non-hydrogen) atoms. The lowest BCUT2D eigenvalue weighted by molar-refractivity contribution is -0.133. The van der Waals surface area contributed by atoms with Crippen molar-refractivity contribution in [2.24, 2.45) is 5.92 Å². The molecule has 0 atom stereocenters. The van der Waals surface area contributed by atoms with E-state index < -0.39 is 0 Å². The van der Waals surface area contributed by atoms with Gasteiger partial charge in [0.1, 0.15) is 0 Å². The Morgan fingerprint density at radius 1 is 0.929 bits per heavy atom. The van der Waals surface area contributed by atoms with Gasteiger partial charge in [0.25, 0.3) is 5.91 Å². The van der Waals surface area contributed by atoms with Gasteiger partial charge in [-0.15, -0.1) is 0 Å². The summed E-state index contributed by atoms with van der Waals surface area (Å²) in [7, 11) is 0. The molecule has 0 N–H and O–H groups in total. The number of hydrogen-bond donors (Lipinski definition) is 0. The zero-order valence-electron chi connectivity index (χ0n) is 17.7. The second kappa shape index (κ2) is 9.55. The molecule has 0 saturated carbocycles. The van der Waals surface area contributed by atoms with E-state index in [1.165, 1.54) is 5.56 Å². The first-order chi connectivity index (χ1) is 13.4. The first-order valence-electron chi connectivity index (χ1n) is 10.8. The molecule has 154 valence electrons. The van der Waals surface area contributed by atoms with Crippen LogP contribution in [0.25, 0.3) is 0 Å². The predicted octanol–water partition coefficient (Wildman–Crippen LogP) is 3.18. The van der Waals surface area contributed by atoms with Crippen LogP contribution < -0.4 is 0 Å². The molecule has 0 aromatic heterocycles. The number of piperidine rings is 1. The van der Waals surface area contributed by atoms with Crippen LogP contribution in [0.5, 0.6) is 0 Å². The molecule has 0 spiro atoms. The summed E-state index contributed by atoms with van der Waals surface area (Å²) in [6.45, 7) is 11.8. The zero-order valence-corrected chi connectivity index (χ0v) is 17.7. The Labute approximate surface area is 169 Å². The number of benzene rings is 1. The molecule has 1 aromatic carbocycles. The standard InChI is InChI=1S/C23H35N3O2/c1-18(2)24-14-16-25(17-15-24)22(27)9-6-20-10-12-26(13-11-20)23(28)21-7-4-19(3)5-8-21/h4-5,7-8,18,20H,6,9-17H2,1-3H3. The minimum Gasteiger partial charge on any atom is -0.340 e. The first-order valence-corrected chi connectivity index (χ1v) is 10.8. The van der Waals surface area contributed by atoms with Gasteiger partial charge in [-0.05, 0) is 58.1 Å². The van der Waals surface area contributed by atoms with Gasteiger partial charge in [0, 0.05) is 57.3 Å². The fourth-order valence-electron chi connectivity index (χ4n) is 4.28. The third-order valence-electron chi connectivity index (χ3n) is 6.36. The fourth-order valence-corrected chi connectivity index (χ4v) is 4.28. The van der Waals surface area contributed by atoms with Gasteiger partial charge in [-0.25, -0.2) is 0 Å². The highest BCUT2D eigenvalue weighted by Gasteiger charge is 2.26. The van der Waals surface area contributed by atoms with E-state index in [0.29, 0.717) is 24.3 Å². The van der Waals surface area contributed by atoms with Crippen LogP contribution in [0.3, 0.4) is 0 Å².